The molecule has 1 atom stereocenters. The lowest BCUT2D eigenvalue weighted by atomic mass is 10.1. The van der Waals surface area contributed by atoms with Crippen molar-refractivity contribution >= 4 is 5.97 Å². The number of nitrogens with zero attached hydrogens (tertiary/aromatic N) is 1. The van der Waals surface area contributed by atoms with Crippen LogP contribution in [0.3, 0.4) is 0 Å². The molecule has 0 radical (unpaired) electrons. The second-order valence-electron chi connectivity index (χ2n) is 4.71. The summed E-state index contributed by atoms with van der Waals surface area (Å²) in [7, 11) is 0. The van der Waals surface area contributed by atoms with Gasteiger partial charge < -0.3 is 10.4 Å². The van der Waals surface area contributed by atoms with E-state index in [-0.39, 0.29) is 0 Å². The molecule has 1 fully saturated rings. The fourth-order valence-corrected chi connectivity index (χ4v) is 2.44. The van der Waals surface area contributed by atoms with Gasteiger partial charge in [-0.1, -0.05) is 19.1 Å². The highest BCUT2D eigenvalue weighted by atomic mass is 16.4. The summed E-state index contributed by atoms with van der Waals surface area (Å²) in [6.07, 6.45) is 1.20. The topological polar surface area (TPSA) is 52.6 Å². The van der Waals surface area contributed by atoms with E-state index in [1.807, 2.05) is 12.1 Å². The fraction of sp³-hybridized carbons (Fsp3) is 0.500. The monoisotopic (exact) mass is 248 g/mol. The maximum Gasteiger partial charge on any atom is 0.335 e. The Morgan fingerprint density at radius 3 is 2.67 bits per heavy atom. The van der Waals surface area contributed by atoms with Gasteiger partial charge in [0.15, 0.2) is 0 Å². The number of aromatic carboxylic acids is 1. The van der Waals surface area contributed by atoms with Crippen molar-refractivity contribution in [3.05, 3.63) is 35.4 Å². The molecule has 1 heterocycles. The van der Waals surface area contributed by atoms with Crippen LogP contribution in [0.4, 0.5) is 0 Å². The van der Waals surface area contributed by atoms with Crippen LogP contribution in [0.5, 0.6) is 0 Å². The summed E-state index contributed by atoms with van der Waals surface area (Å²) in [6, 6.07) is 7.79. The first kappa shape index (κ1) is 13.1. The quantitative estimate of drug-likeness (QED) is 0.830. The van der Waals surface area contributed by atoms with Gasteiger partial charge in [-0.25, -0.2) is 4.79 Å². The summed E-state index contributed by atoms with van der Waals surface area (Å²) in [5.74, 6) is -0.867. The first-order chi connectivity index (χ1) is 8.70. The minimum Gasteiger partial charge on any atom is -0.478 e. The molecule has 2 N–H and O–H groups in total. The maximum absolute atomic E-state index is 10.8. The molecule has 0 aliphatic carbocycles. The molecule has 18 heavy (non-hydrogen) atoms. The van der Waals surface area contributed by atoms with E-state index in [2.05, 4.69) is 17.1 Å². The Kier molecular flexibility index (Phi) is 4.33. The van der Waals surface area contributed by atoms with Crippen LogP contribution in [-0.4, -0.2) is 41.7 Å². The van der Waals surface area contributed by atoms with E-state index < -0.39 is 5.97 Å². The van der Waals surface area contributed by atoms with Crippen molar-refractivity contribution in [2.24, 2.45) is 0 Å². The third-order valence-corrected chi connectivity index (χ3v) is 3.54. The van der Waals surface area contributed by atoms with E-state index >= 15 is 0 Å². The van der Waals surface area contributed by atoms with Crippen LogP contribution >= 0.6 is 0 Å². The molecule has 0 saturated carbocycles. The Bertz CT molecular complexity index is 397. The predicted molar refractivity (Wildman–Crippen MR) is 70.8 cm³/mol. The Hall–Kier alpha value is -1.39. The smallest absolute Gasteiger partial charge is 0.335 e. The van der Waals surface area contributed by atoms with Gasteiger partial charge in [0, 0.05) is 19.1 Å². The van der Waals surface area contributed by atoms with Crippen molar-refractivity contribution in [2.45, 2.75) is 25.9 Å². The molecule has 2 rings (SSSR count). The summed E-state index contributed by atoms with van der Waals surface area (Å²) in [5, 5.41) is 12.2. The van der Waals surface area contributed by atoms with Gasteiger partial charge in [-0.2, -0.15) is 0 Å². The maximum atomic E-state index is 10.8. The number of hydrogen-bond donors (Lipinski definition) is 2. The van der Waals surface area contributed by atoms with E-state index in [0.29, 0.717) is 11.6 Å². The van der Waals surface area contributed by atoms with Crippen molar-refractivity contribution in [3.63, 3.8) is 0 Å². The lowest BCUT2D eigenvalue weighted by Crippen LogP contribution is -2.36. The number of hydrogen-bond acceptors (Lipinski definition) is 3. The highest BCUT2D eigenvalue weighted by Gasteiger charge is 2.20. The largest absolute Gasteiger partial charge is 0.478 e. The molecule has 1 aromatic rings. The van der Waals surface area contributed by atoms with Crippen LogP contribution in [0.1, 0.15) is 29.3 Å². The standard InChI is InChI=1S/C14H20N2O2/c1-2-16(13-7-8-15-9-13)10-11-3-5-12(6-4-11)14(17)18/h3-6,13,15H,2,7-10H2,1H3,(H,17,18). The van der Waals surface area contributed by atoms with Crippen LogP contribution in [-0.2, 0) is 6.54 Å². The summed E-state index contributed by atoms with van der Waals surface area (Å²) in [4.78, 5) is 13.2. The van der Waals surface area contributed by atoms with Crippen LogP contribution in [0.25, 0.3) is 0 Å². The van der Waals surface area contributed by atoms with Crippen LogP contribution in [0.15, 0.2) is 24.3 Å². The van der Waals surface area contributed by atoms with Gasteiger partial charge in [-0.3, -0.25) is 4.90 Å². The van der Waals surface area contributed by atoms with Gasteiger partial charge in [-0.15, -0.1) is 0 Å². The second-order valence-corrected chi connectivity index (χ2v) is 4.71. The van der Waals surface area contributed by atoms with Crippen molar-refractivity contribution in [2.75, 3.05) is 19.6 Å². The van der Waals surface area contributed by atoms with Gasteiger partial charge in [0.2, 0.25) is 0 Å². The number of nitrogens with one attached hydrogen (secondary N) is 1. The molecule has 4 nitrogen and oxygen atoms in total. The first-order valence-corrected chi connectivity index (χ1v) is 6.47. The average Bonchev–Trinajstić information content (AvgIpc) is 2.90. The average molecular weight is 248 g/mol. The number of likely N-dealkylation sites (N-methyl/N-ethyl adjacent to an activating group) is 1. The minimum absolute atomic E-state index is 0.351. The lowest BCUT2D eigenvalue weighted by molar-refractivity contribution is 0.0697. The fourth-order valence-electron chi connectivity index (χ4n) is 2.44. The molecule has 1 unspecified atom stereocenters. The van der Waals surface area contributed by atoms with Crippen molar-refractivity contribution in [1.82, 2.24) is 10.2 Å². The van der Waals surface area contributed by atoms with Gasteiger partial charge in [0.05, 0.1) is 5.56 Å². The molecule has 4 heteroatoms. The Morgan fingerprint density at radius 2 is 2.17 bits per heavy atom. The first-order valence-electron chi connectivity index (χ1n) is 6.47. The molecule has 98 valence electrons. The summed E-state index contributed by atoms with van der Waals surface area (Å²) >= 11 is 0. The molecule has 1 saturated heterocycles. The van der Waals surface area contributed by atoms with Crippen molar-refractivity contribution in [3.8, 4) is 0 Å². The van der Waals surface area contributed by atoms with Gasteiger partial charge >= 0.3 is 5.97 Å². The second kappa shape index (κ2) is 5.98. The number of carboxylic acids is 1. The molecular formula is C14H20N2O2. The lowest BCUT2D eigenvalue weighted by Gasteiger charge is -2.26. The number of rotatable bonds is 5. The van der Waals surface area contributed by atoms with E-state index in [4.69, 9.17) is 5.11 Å². The van der Waals surface area contributed by atoms with E-state index in [1.54, 1.807) is 12.1 Å². The van der Waals surface area contributed by atoms with Crippen molar-refractivity contribution < 1.29 is 9.90 Å². The van der Waals surface area contributed by atoms with Gasteiger partial charge in [0.25, 0.3) is 0 Å². The zero-order valence-corrected chi connectivity index (χ0v) is 10.7. The molecule has 1 aliphatic rings. The molecule has 1 aromatic carbocycles. The summed E-state index contributed by atoms with van der Waals surface area (Å²) < 4.78 is 0. The molecule has 0 spiro atoms. The zero-order chi connectivity index (χ0) is 13.0. The van der Waals surface area contributed by atoms with E-state index in [1.165, 1.54) is 12.0 Å². The molecule has 1 aliphatic heterocycles. The van der Waals surface area contributed by atoms with Gasteiger partial charge in [-0.05, 0) is 37.2 Å². The molecule has 0 aromatic heterocycles. The van der Waals surface area contributed by atoms with E-state index in [0.717, 1.165) is 26.2 Å². The SMILES string of the molecule is CCN(Cc1ccc(C(=O)O)cc1)C1CCNC1. The molecule has 0 amide bonds. The van der Waals surface area contributed by atoms with Crippen LogP contribution in [0.2, 0.25) is 0 Å². The molecule has 0 bridgehead atoms. The number of benzene rings is 1. The summed E-state index contributed by atoms with van der Waals surface area (Å²) in [5.41, 5.74) is 1.53. The number of carboxylic acid groups (broad SMARTS) is 1. The molecular weight excluding hydrogens is 228 g/mol. The highest BCUT2D eigenvalue weighted by molar-refractivity contribution is 5.87. The van der Waals surface area contributed by atoms with Crippen LogP contribution < -0.4 is 5.32 Å². The third-order valence-electron chi connectivity index (χ3n) is 3.54. The highest BCUT2D eigenvalue weighted by Crippen LogP contribution is 2.13. The number of carbonyl (C=O) groups is 1. The Morgan fingerprint density at radius 1 is 1.44 bits per heavy atom. The van der Waals surface area contributed by atoms with Crippen molar-refractivity contribution in [1.29, 1.82) is 0 Å². The third kappa shape index (κ3) is 3.09. The Balaban J connectivity index is 2.00. The summed E-state index contributed by atoms with van der Waals surface area (Å²) in [6.45, 7) is 6.24. The normalized spacial score (nSPS) is 19.3. The van der Waals surface area contributed by atoms with E-state index in [9.17, 15) is 4.79 Å². The van der Waals surface area contributed by atoms with Gasteiger partial charge in [0.1, 0.15) is 0 Å². The van der Waals surface area contributed by atoms with Crippen LogP contribution in [0, 0.1) is 0 Å². The Labute approximate surface area is 108 Å². The predicted octanol–water partition coefficient (Wildman–Crippen LogP) is 1.57. The minimum atomic E-state index is -0.867. The zero-order valence-electron chi connectivity index (χ0n) is 10.7.